The Balaban J connectivity index is 2.13. The minimum atomic E-state index is -4.59. The summed E-state index contributed by atoms with van der Waals surface area (Å²) in [5.74, 6) is 0. The lowest BCUT2D eigenvalue weighted by Gasteiger charge is -2.44. The predicted octanol–water partition coefficient (Wildman–Crippen LogP) is 5.40. The maximum atomic E-state index is 13.5. The summed E-state index contributed by atoms with van der Waals surface area (Å²) in [6.07, 6.45) is -7.13. The van der Waals surface area contributed by atoms with Crippen molar-refractivity contribution in [3.63, 3.8) is 0 Å². The maximum Gasteiger partial charge on any atom is 0.416 e. The van der Waals surface area contributed by atoms with Gasteiger partial charge < -0.3 is 8.85 Å². The highest BCUT2D eigenvalue weighted by Crippen LogP contribution is 2.48. The Hall–Kier alpha value is -0.283. The van der Waals surface area contributed by atoms with Gasteiger partial charge in [-0.1, -0.05) is 38.5 Å². The van der Waals surface area contributed by atoms with Gasteiger partial charge in [0, 0.05) is 0 Å². The molecule has 0 aromatic rings. The Morgan fingerprint density at radius 1 is 0.625 bits per heavy atom. The van der Waals surface area contributed by atoms with Crippen LogP contribution in [0, 0.1) is 0 Å². The lowest BCUT2D eigenvalue weighted by Crippen LogP contribution is -2.56. The molecule has 0 unspecified atom stereocenters. The van der Waals surface area contributed by atoms with Crippen molar-refractivity contribution in [2.45, 2.75) is 94.3 Å². The van der Waals surface area contributed by atoms with E-state index in [2.05, 4.69) is 0 Å². The zero-order chi connectivity index (χ0) is 18.1. The molecule has 2 fully saturated rings. The van der Waals surface area contributed by atoms with Gasteiger partial charge in [0.15, 0.2) is 11.2 Å². The van der Waals surface area contributed by atoms with Crippen LogP contribution in [0.4, 0.5) is 26.3 Å². The molecular formula is C15H24F6O2Si. The van der Waals surface area contributed by atoms with E-state index in [1.165, 1.54) is 6.55 Å². The van der Waals surface area contributed by atoms with Gasteiger partial charge in [0.1, 0.15) is 0 Å². The average Bonchev–Trinajstić information content (AvgIpc) is 2.46. The summed E-state index contributed by atoms with van der Waals surface area (Å²) in [6, 6.07) is 0. The van der Waals surface area contributed by atoms with Crippen LogP contribution >= 0.6 is 0 Å². The maximum absolute atomic E-state index is 13.5. The molecule has 2 saturated carbocycles. The summed E-state index contributed by atoms with van der Waals surface area (Å²) in [5, 5.41) is 0. The smallest absolute Gasteiger partial charge is 0.381 e. The summed E-state index contributed by atoms with van der Waals surface area (Å²) in [5.41, 5.74) is -4.67. The molecule has 2 rings (SSSR count). The zero-order valence-electron chi connectivity index (χ0n) is 13.7. The van der Waals surface area contributed by atoms with Crippen molar-refractivity contribution in [1.82, 2.24) is 0 Å². The van der Waals surface area contributed by atoms with Gasteiger partial charge in [-0.3, -0.25) is 0 Å². The third-order valence-corrected chi connectivity index (χ3v) is 6.71. The molecule has 2 aliphatic carbocycles. The van der Waals surface area contributed by atoms with Gasteiger partial charge in [-0.2, -0.15) is 26.3 Å². The summed E-state index contributed by atoms with van der Waals surface area (Å²) in [7, 11) is -3.12. The molecule has 0 aromatic carbocycles. The molecule has 0 N–H and O–H groups in total. The van der Waals surface area contributed by atoms with Crippen molar-refractivity contribution >= 4 is 9.28 Å². The summed E-state index contributed by atoms with van der Waals surface area (Å²) in [4.78, 5) is 0. The quantitative estimate of drug-likeness (QED) is 0.482. The van der Waals surface area contributed by atoms with Gasteiger partial charge in [-0.15, -0.1) is 0 Å². The van der Waals surface area contributed by atoms with Crippen molar-refractivity contribution in [2.24, 2.45) is 0 Å². The molecule has 2 aliphatic rings. The molecular weight excluding hydrogens is 354 g/mol. The van der Waals surface area contributed by atoms with E-state index in [9.17, 15) is 26.3 Å². The second-order valence-electron chi connectivity index (χ2n) is 6.91. The van der Waals surface area contributed by atoms with E-state index in [4.69, 9.17) is 8.85 Å². The average molecular weight is 378 g/mol. The molecule has 0 atom stereocenters. The van der Waals surface area contributed by atoms with Crippen LogP contribution in [0.15, 0.2) is 0 Å². The molecule has 0 aliphatic heterocycles. The second-order valence-corrected chi connectivity index (χ2v) is 8.52. The lowest BCUT2D eigenvalue weighted by atomic mass is 9.84. The van der Waals surface area contributed by atoms with E-state index in [-0.39, 0.29) is 25.7 Å². The molecule has 142 valence electrons. The zero-order valence-corrected chi connectivity index (χ0v) is 14.9. The monoisotopic (exact) mass is 378 g/mol. The number of halogens is 6. The van der Waals surface area contributed by atoms with E-state index < -0.39 is 32.8 Å². The molecule has 0 bridgehead atoms. The lowest BCUT2D eigenvalue weighted by molar-refractivity contribution is -0.282. The highest BCUT2D eigenvalue weighted by molar-refractivity contribution is 6.42. The highest BCUT2D eigenvalue weighted by atomic mass is 28.3. The van der Waals surface area contributed by atoms with Crippen molar-refractivity contribution < 1.29 is 35.2 Å². The van der Waals surface area contributed by atoms with Crippen LogP contribution < -0.4 is 0 Å². The Labute approximate surface area is 139 Å². The third-order valence-electron chi connectivity index (χ3n) is 5.14. The largest absolute Gasteiger partial charge is 0.416 e. The first kappa shape index (κ1) is 20.0. The number of hydrogen-bond donors (Lipinski definition) is 0. The van der Waals surface area contributed by atoms with Crippen LogP contribution in [0.25, 0.3) is 0 Å². The Morgan fingerprint density at radius 2 is 0.917 bits per heavy atom. The van der Waals surface area contributed by atoms with Crippen LogP contribution in [0.3, 0.4) is 0 Å². The van der Waals surface area contributed by atoms with E-state index in [0.717, 1.165) is 0 Å². The van der Waals surface area contributed by atoms with Crippen LogP contribution in [0.1, 0.15) is 64.2 Å². The van der Waals surface area contributed by atoms with Crippen LogP contribution in [0.2, 0.25) is 6.55 Å². The molecule has 0 saturated heterocycles. The standard InChI is InChI=1S/C15H24F6O2Si/c1-24(22-12(14(16,17)18)8-4-2-5-9-12)23-13(15(19,20)21)10-6-3-7-11-13/h24H,2-11H2,1H3. The Kier molecular flexibility index (Phi) is 5.97. The number of alkyl halides is 6. The van der Waals surface area contributed by atoms with Gasteiger partial charge in [0.2, 0.25) is 0 Å². The first-order chi connectivity index (χ1) is 11.0. The predicted molar refractivity (Wildman–Crippen MR) is 78.9 cm³/mol. The van der Waals surface area contributed by atoms with Gasteiger partial charge in [-0.25, -0.2) is 0 Å². The van der Waals surface area contributed by atoms with E-state index >= 15 is 0 Å². The number of rotatable bonds is 4. The fraction of sp³-hybridized carbons (Fsp3) is 1.00. The van der Waals surface area contributed by atoms with E-state index in [0.29, 0.717) is 38.5 Å². The van der Waals surface area contributed by atoms with Crippen LogP contribution in [0.5, 0.6) is 0 Å². The molecule has 0 amide bonds. The summed E-state index contributed by atoms with van der Waals surface area (Å²) < 4.78 is 91.4. The molecule has 0 heterocycles. The minimum Gasteiger partial charge on any atom is -0.381 e. The molecule has 24 heavy (non-hydrogen) atoms. The van der Waals surface area contributed by atoms with Crippen LogP contribution in [-0.4, -0.2) is 32.8 Å². The molecule has 0 aromatic heterocycles. The first-order valence-electron chi connectivity index (χ1n) is 8.51. The molecule has 0 spiro atoms. The summed E-state index contributed by atoms with van der Waals surface area (Å²) >= 11 is 0. The van der Waals surface area contributed by atoms with Gasteiger partial charge in [0.05, 0.1) is 0 Å². The topological polar surface area (TPSA) is 18.5 Å². The second kappa shape index (κ2) is 7.15. The Bertz CT molecular complexity index is 373. The van der Waals surface area contributed by atoms with Crippen molar-refractivity contribution in [3.8, 4) is 0 Å². The Morgan fingerprint density at radius 3 is 1.17 bits per heavy atom. The molecule has 9 heteroatoms. The number of hydrogen-bond acceptors (Lipinski definition) is 2. The van der Waals surface area contributed by atoms with Gasteiger partial charge in [-0.05, 0) is 32.2 Å². The van der Waals surface area contributed by atoms with Gasteiger partial charge >= 0.3 is 21.6 Å². The van der Waals surface area contributed by atoms with E-state index in [1.54, 1.807) is 0 Å². The third kappa shape index (κ3) is 4.09. The van der Waals surface area contributed by atoms with Crippen LogP contribution in [-0.2, 0) is 8.85 Å². The molecule has 2 nitrogen and oxygen atoms in total. The highest BCUT2D eigenvalue weighted by Gasteiger charge is 2.60. The van der Waals surface area contributed by atoms with E-state index in [1.807, 2.05) is 0 Å². The van der Waals surface area contributed by atoms with Crippen molar-refractivity contribution in [2.75, 3.05) is 0 Å². The minimum absolute atomic E-state index is 0.198. The fourth-order valence-corrected chi connectivity index (χ4v) is 5.90. The fourth-order valence-electron chi connectivity index (χ4n) is 3.84. The molecule has 0 radical (unpaired) electrons. The van der Waals surface area contributed by atoms with Crippen molar-refractivity contribution in [1.29, 1.82) is 0 Å². The SMILES string of the molecule is C[SiH](OC1(C(F)(F)F)CCCCC1)OC1(C(F)(F)F)CCCCC1. The summed E-state index contributed by atoms with van der Waals surface area (Å²) in [6.45, 7) is 1.28. The normalized spacial score (nSPS) is 25.0. The van der Waals surface area contributed by atoms with Crippen molar-refractivity contribution in [3.05, 3.63) is 0 Å². The van der Waals surface area contributed by atoms with Gasteiger partial charge in [0.25, 0.3) is 0 Å². The first-order valence-corrected chi connectivity index (χ1v) is 10.6.